The van der Waals surface area contributed by atoms with E-state index in [2.05, 4.69) is 46.0 Å². The molecular weight excluding hydrogens is 330 g/mol. The average Bonchev–Trinajstić information content (AvgIpc) is 2.51. The fraction of sp³-hybridized carbons (Fsp3) is 0.562. The summed E-state index contributed by atoms with van der Waals surface area (Å²) in [4.78, 5) is 18.5. The van der Waals surface area contributed by atoms with Gasteiger partial charge in [0.25, 0.3) is 0 Å². The third kappa shape index (κ3) is 3.70. The Labute approximate surface area is 135 Å². The molecule has 0 bridgehead atoms. The molecule has 1 saturated heterocycles. The van der Waals surface area contributed by atoms with E-state index in [0.29, 0.717) is 0 Å². The highest BCUT2D eigenvalue weighted by Gasteiger charge is 2.24. The van der Waals surface area contributed by atoms with Gasteiger partial charge < -0.3 is 14.7 Å². The number of anilines is 1. The minimum absolute atomic E-state index is 0.173. The summed E-state index contributed by atoms with van der Waals surface area (Å²) in [7, 11) is 0. The summed E-state index contributed by atoms with van der Waals surface area (Å²) in [5, 5.41) is 0. The number of nitrogens with zero attached hydrogens (tertiary/aromatic N) is 3. The van der Waals surface area contributed by atoms with Crippen LogP contribution in [-0.4, -0.2) is 55.1 Å². The molecule has 0 aliphatic carbocycles. The number of halogens is 1. The molecule has 21 heavy (non-hydrogen) atoms. The molecule has 0 aromatic heterocycles. The molecular formula is C16H24BrN3O. The molecule has 116 valence electrons. The normalized spacial score (nSPS) is 15.2. The number of rotatable bonds is 3. The van der Waals surface area contributed by atoms with Crippen LogP contribution in [0.25, 0.3) is 0 Å². The Morgan fingerprint density at radius 3 is 2.33 bits per heavy atom. The highest BCUT2D eigenvalue weighted by atomic mass is 79.9. The molecule has 2 amide bonds. The molecule has 5 heteroatoms. The van der Waals surface area contributed by atoms with Crippen molar-refractivity contribution in [1.29, 1.82) is 0 Å². The van der Waals surface area contributed by atoms with Gasteiger partial charge in [0.1, 0.15) is 0 Å². The minimum atomic E-state index is 0.173. The Kier molecular flexibility index (Phi) is 5.51. The molecule has 0 N–H and O–H groups in total. The number of hydrogen-bond acceptors (Lipinski definition) is 2. The molecule has 2 rings (SSSR count). The maximum atomic E-state index is 12.3. The third-order valence-corrected chi connectivity index (χ3v) is 4.98. The fourth-order valence-corrected chi connectivity index (χ4v) is 2.92. The van der Waals surface area contributed by atoms with Crippen molar-refractivity contribution in [3.63, 3.8) is 0 Å². The van der Waals surface area contributed by atoms with Crippen LogP contribution in [0.5, 0.6) is 0 Å². The summed E-state index contributed by atoms with van der Waals surface area (Å²) in [6, 6.07) is 6.61. The number of carbonyl (C=O) groups is 1. The highest BCUT2D eigenvalue weighted by Crippen LogP contribution is 2.24. The van der Waals surface area contributed by atoms with E-state index in [9.17, 15) is 4.79 Å². The quantitative estimate of drug-likeness (QED) is 0.832. The molecule has 0 radical (unpaired) electrons. The summed E-state index contributed by atoms with van der Waals surface area (Å²) < 4.78 is 1.14. The lowest BCUT2D eigenvalue weighted by atomic mass is 10.2. The van der Waals surface area contributed by atoms with Crippen molar-refractivity contribution in [3.05, 3.63) is 28.2 Å². The van der Waals surface area contributed by atoms with E-state index in [1.54, 1.807) is 0 Å². The standard InChI is InChI=1S/C16H24BrN3O/c1-4-18(5-2)16(21)20-10-8-19(9-11-20)14-6-7-15(17)13(3)12-14/h6-7,12H,4-5,8-11H2,1-3H3. The molecule has 1 aliphatic heterocycles. The van der Waals surface area contributed by atoms with E-state index in [1.807, 2.05) is 23.6 Å². The summed E-state index contributed by atoms with van der Waals surface area (Å²) in [6.07, 6.45) is 0. The van der Waals surface area contributed by atoms with E-state index in [-0.39, 0.29) is 6.03 Å². The van der Waals surface area contributed by atoms with Gasteiger partial charge in [0.15, 0.2) is 0 Å². The van der Waals surface area contributed by atoms with Crippen LogP contribution >= 0.6 is 15.9 Å². The second-order valence-electron chi connectivity index (χ2n) is 5.36. The number of urea groups is 1. The van der Waals surface area contributed by atoms with Crippen LogP contribution in [0.2, 0.25) is 0 Å². The second kappa shape index (κ2) is 7.16. The van der Waals surface area contributed by atoms with Crippen LogP contribution in [0.15, 0.2) is 22.7 Å². The van der Waals surface area contributed by atoms with Crippen LogP contribution in [0.3, 0.4) is 0 Å². The van der Waals surface area contributed by atoms with Crippen molar-refractivity contribution < 1.29 is 4.79 Å². The zero-order valence-corrected chi connectivity index (χ0v) is 14.7. The molecule has 4 nitrogen and oxygen atoms in total. The first kappa shape index (κ1) is 16.1. The predicted octanol–water partition coefficient (Wildman–Crippen LogP) is 3.34. The Morgan fingerprint density at radius 2 is 1.81 bits per heavy atom. The number of amides is 2. The smallest absolute Gasteiger partial charge is 0.320 e. The van der Waals surface area contributed by atoms with Crippen LogP contribution in [0, 0.1) is 6.92 Å². The number of piperazine rings is 1. The van der Waals surface area contributed by atoms with Gasteiger partial charge in [-0.05, 0) is 44.5 Å². The molecule has 0 atom stereocenters. The first-order chi connectivity index (χ1) is 10.1. The van der Waals surface area contributed by atoms with Crippen LogP contribution < -0.4 is 4.90 Å². The number of hydrogen-bond donors (Lipinski definition) is 0. The van der Waals surface area contributed by atoms with Crippen LogP contribution in [0.4, 0.5) is 10.5 Å². The number of carbonyl (C=O) groups excluding carboxylic acids is 1. The van der Waals surface area contributed by atoms with Gasteiger partial charge in [-0.3, -0.25) is 0 Å². The van der Waals surface area contributed by atoms with Crippen molar-refractivity contribution in [2.75, 3.05) is 44.2 Å². The zero-order valence-electron chi connectivity index (χ0n) is 13.1. The monoisotopic (exact) mass is 353 g/mol. The lowest BCUT2D eigenvalue weighted by Gasteiger charge is -2.38. The largest absolute Gasteiger partial charge is 0.368 e. The maximum Gasteiger partial charge on any atom is 0.320 e. The molecule has 0 unspecified atom stereocenters. The molecule has 1 fully saturated rings. The van der Waals surface area contributed by atoms with Gasteiger partial charge in [0.05, 0.1) is 0 Å². The maximum absolute atomic E-state index is 12.3. The Balaban J connectivity index is 1.96. The number of benzene rings is 1. The van der Waals surface area contributed by atoms with E-state index < -0.39 is 0 Å². The Morgan fingerprint density at radius 1 is 1.19 bits per heavy atom. The molecule has 1 aromatic rings. The van der Waals surface area contributed by atoms with Crippen molar-refractivity contribution in [2.45, 2.75) is 20.8 Å². The van der Waals surface area contributed by atoms with Crippen molar-refractivity contribution in [3.8, 4) is 0 Å². The third-order valence-electron chi connectivity index (χ3n) is 4.09. The van der Waals surface area contributed by atoms with Crippen molar-refractivity contribution in [1.82, 2.24) is 9.80 Å². The van der Waals surface area contributed by atoms with Gasteiger partial charge in [-0.25, -0.2) is 4.79 Å². The fourth-order valence-electron chi connectivity index (χ4n) is 2.68. The molecule has 1 aromatic carbocycles. The van der Waals surface area contributed by atoms with Gasteiger partial charge in [-0.2, -0.15) is 0 Å². The summed E-state index contributed by atoms with van der Waals surface area (Å²) >= 11 is 3.54. The van der Waals surface area contributed by atoms with Gasteiger partial charge in [0.2, 0.25) is 0 Å². The minimum Gasteiger partial charge on any atom is -0.368 e. The molecule has 0 spiro atoms. The highest BCUT2D eigenvalue weighted by molar-refractivity contribution is 9.10. The predicted molar refractivity (Wildman–Crippen MR) is 91.0 cm³/mol. The summed E-state index contributed by atoms with van der Waals surface area (Å²) in [5.41, 5.74) is 2.49. The van der Waals surface area contributed by atoms with E-state index in [4.69, 9.17) is 0 Å². The summed E-state index contributed by atoms with van der Waals surface area (Å²) in [5.74, 6) is 0. The topological polar surface area (TPSA) is 26.8 Å². The lowest BCUT2D eigenvalue weighted by Crippen LogP contribution is -2.52. The zero-order chi connectivity index (χ0) is 15.4. The van der Waals surface area contributed by atoms with Gasteiger partial charge in [-0.15, -0.1) is 0 Å². The van der Waals surface area contributed by atoms with Crippen molar-refractivity contribution >= 4 is 27.6 Å². The molecule has 1 aliphatic rings. The van der Waals surface area contributed by atoms with Gasteiger partial charge in [0, 0.05) is 49.4 Å². The summed E-state index contributed by atoms with van der Waals surface area (Å²) in [6.45, 7) is 11.1. The van der Waals surface area contributed by atoms with Gasteiger partial charge >= 0.3 is 6.03 Å². The molecule has 1 heterocycles. The van der Waals surface area contributed by atoms with Crippen molar-refractivity contribution in [2.24, 2.45) is 0 Å². The Bertz CT molecular complexity index is 494. The van der Waals surface area contributed by atoms with E-state index in [0.717, 1.165) is 43.7 Å². The second-order valence-corrected chi connectivity index (χ2v) is 6.22. The van der Waals surface area contributed by atoms with Crippen LogP contribution in [-0.2, 0) is 0 Å². The molecule has 0 saturated carbocycles. The van der Waals surface area contributed by atoms with Gasteiger partial charge in [-0.1, -0.05) is 15.9 Å². The lowest BCUT2D eigenvalue weighted by molar-refractivity contribution is 0.154. The SMILES string of the molecule is CCN(CC)C(=O)N1CCN(c2ccc(Br)c(C)c2)CC1. The van der Waals surface area contributed by atoms with E-state index in [1.165, 1.54) is 11.3 Å². The first-order valence-electron chi connectivity index (χ1n) is 7.61. The first-order valence-corrected chi connectivity index (χ1v) is 8.41. The Hall–Kier alpha value is -1.23. The average molecular weight is 354 g/mol. The number of aryl methyl sites for hydroxylation is 1. The van der Waals surface area contributed by atoms with Crippen LogP contribution in [0.1, 0.15) is 19.4 Å². The van der Waals surface area contributed by atoms with E-state index >= 15 is 0 Å².